The lowest BCUT2D eigenvalue weighted by Gasteiger charge is -2.08. The van der Waals surface area contributed by atoms with E-state index in [1.807, 2.05) is 44.2 Å². The maximum Gasteiger partial charge on any atom is 0.274 e. The normalized spacial score (nSPS) is 10.9. The zero-order chi connectivity index (χ0) is 15.8. The fraction of sp³-hybridized carbons (Fsp3) is 0.438. The van der Waals surface area contributed by atoms with Gasteiger partial charge in [0.05, 0.1) is 6.10 Å². The predicted molar refractivity (Wildman–Crippen MR) is 86.1 cm³/mol. The third-order valence-corrected chi connectivity index (χ3v) is 3.04. The Labute approximate surface area is 129 Å². The van der Waals surface area contributed by atoms with Crippen LogP contribution in [0.2, 0.25) is 0 Å². The van der Waals surface area contributed by atoms with Crippen LogP contribution >= 0.6 is 0 Å². The number of H-pyrrole nitrogens is 1. The van der Waals surface area contributed by atoms with Crippen molar-refractivity contribution in [2.45, 2.75) is 32.8 Å². The standard InChI is InChI=1S/C16H22N4O2/c1-12(2)22-10-6-9-17-16-18-15(21)14(19-20-16)11-13-7-4-3-5-8-13/h3-5,7-8,12H,6,9-11H2,1-2H3,(H2,17,18,20,21). The van der Waals surface area contributed by atoms with E-state index in [9.17, 15) is 4.79 Å². The van der Waals surface area contributed by atoms with E-state index in [-0.39, 0.29) is 11.7 Å². The fourth-order valence-electron chi connectivity index (χ4n) is 1.94. The molecule has 118 valence electrons. The summed E-state index contributed by atoms with van der Waals surface area (Å²) in [6.07, 6.45) is 1.55. The van der Waals surface area contributed by atoms with Crippen LogP contribution in [-0.2, 0) is 11.2 Å². The molecule has 0 fully saturated rings. The van der Waals surface area contributed by atoms with Crippen LogP contribution < -0.4 is 10.9 Å². The number of hydrogen-bond donors (Lipinski definition) is 2. The molecule has 22 heavy (non-hydrogen) atoms. The molecule has 0 bridgehead atoms. The lowest BCUT2D eigenvalue weighted by molar-refractivity contribution is 0.0787. The Morgan fingerprint density at radius 3 is 2.68 bits per heavy atom. The van der Waals surface area contributed by atoms with Crippen LogP contribution in [0, 0.1) is 0 Å². The van der Waals surface area contributed by atoms with Gasteiger partial charge < -0.3 is 10.1 Å². The number of anilines is 1. The van der Waals surface area contributed by atoms with Crippen molar-refractivity contribution in [3.63, 3.8) is 0 Å². The van der Waals surface area contributed by atoms with Gasteiger partial charge in [0.2, 0.25) is 5.95 Å². The second-order valence-electron chi connectivity index (χ2n) is 5.31. The van der Waals surface area contributed by atoms with E-state index in [0.29, 0.717) is 31.2 Å². The van der Waals surface area contributed by atoms with Crippen molar-refractivity contribution in [3.8, 4) is 0 Å². The molecule has 2 N–H and O–H groups in total. The highest BCUT2D eigenvalue weighted by atomic mass is 16.5. The van der Waals surface area contributed by atoms with Gasteiger partial charge in [-0.05, 0) is 25.8 Å². The van der Waals surface area contributed by atoms with Gasteiger partial charge in [0.1, 0.15) is 5.69 Å². The molecule has 2 aromatic rings. The zero-order valence-electron chi connectivity index (χ0n) is 13.0. The Bertz CT molecular complexity index is 626. The summed E-state index contributed by atoms with van der Waals surface area (Å²) in [7, 11) is 0. The summed E-state index contributed by atoms with van der Waals surface area (Å²) in [4.78, 5) is 14.7. The maximum atomic E-state index is 12.0. The first-order valence-corrected chi connectivity index (χ1v) is 7.50. The molecular formula is C16H22N4O2. The van der Waals surface area contributed by atoms with Gasteiger partial charge in [-0.3, -0.25) is 9.78 Å². The molecule has 6 nitrogen and oxygen atoms in total. The third-order valence-electron chi connectivity index (χ3n) is 3.04. The van der Waals surface area contributed by atoms with Crippen molar-refractivity contribution in [2.75, 3.05) is 18.5 Å². The molecular weight excluding hydrogens is 280 g/mol. The number of aromatic nitrogens is 3. The van der Waals surface area contributed by atoms with Crippen molar-refractivity contribution in [1.29, 1.82) is 0 Å². The lowest BCUT2D eigenvalue weighted by Crippen LogP contribution is -2.20. The number of aromatic amines is 1. The minimum Gasteiger partial charge on any atom is -0.379 e. The Hall–Kier alpha value is -2.21. The zero-order valence-corrected chi connectivity index (χ0v) is 13.0. The lowest BCUT2D eigenvalue weighted by atomic mass is 10.1. The number of hydrogen-bond acceptors (Lipinski definition) is 5. The van der Waals surface area contributed by atoms with Gasteiger partial charge in [-0.2, -0.15) is 0 Å². The minimum atomic E-state index is -0.209. The second kappa shape index (κ2) is 8.29. The Kier molecular flexibility index (Phi) is 6.09. The van der Waals surface area contributed by atoms with Crippen molar-refractivity contribution in [3.05, 3.63) is 51.9 Å². The number of nitrogens with one attached hydrogen (secondary N) is 2. The van der Waals surface area contributed by atoms with Crippen LogP contribution in [0.15, 0.2) is 35.1 Å². The van der Waals surface area contributed by atoms with Gasteiger partial charge in [0.15, 0.2) is 0 Å². The van der Waals surface area contributed by atoms with E-state index in [1.54, 1.807) is 0 Å². The van der Waals surface area contributed by atoms with Gasteiger partial charge in [-0.25, -0.2) is 0 Å². The van der Waals surface area contributed by atoms with Crippen molar-refractivity contribution >= 4 is 5.95 Å². The first-order valence-electron chi connectivity index (χ1n) is 7.50. The smallest absolute Gasteiger partial charge is 0.274 e. The number of nitrogens with zero attached hydrogens (tertiary/aromatic N) is 2. The second-order valence-corrected chi connectivity index (χ2v) is 5.31. The van der Waals surface area contributed by atoms with Crippen LogP contribution in [0.1, 0.15) is 31.5 Å². The van der Waals surface area contributed by atoms with E-state index in [4.69, 9.17) is 4.74 Å². The monoisotopic (exact) mass is 302 g/mol. The molecule has 0 radical (unpaired) electrons. The topological polar surface area (TPSA) is 79.9 Å². The highest BCUT2D eigenvalue weighted by Gasteiger charge is 2.05. The van der Waals surface area contributed by atoms with Crippen molar-refractivity contribution in [2.24, 2.45) is 0 Å². The largest absolute Gasteiger partial charge is 0.379 e. The SMILES string of the molecule is CC(C)OCCCNc1nnc(Cc2ccccc2)c(=O)[nH]1. The van der Waals surface area contributed by atoms with E-state index in [0.717, 1.165) is 12.0 Å². The molecule has 0 saturated carbocycles. The molecule has 0 aliphatic carbocycles. The van der Waals surface area contributed by atoms with Crippen LogP contribution in [0.3, 0.4) is 0 Å². The molecule has 0 atom stereocenters. The third kappa shape index (κ3) is 5.29. The molecule has 2 rings (SSSR count). The van der Waals surface area contributed by atoms with Gasteiger partial charge >= 0.3 is 0 Å². The quantitative estimate of drug-likeness (QED) is 0.729. The maximum absolute atomic E-state index is 12.0. The number of rotatable bonds is 8. The van der Waals surface area contributed by atoms with Gasteiger partial charge in [0, 0.05) is 19.6 Å². The molecule has 0 aliphatic rings. The molecule has 1 aromatic carbocycles. The average molecular weight is 302 g/mol. The van der Waals surface area contributed by atoms with E-state index in [2.05, 4.69) is 20.5 Å². The van der Waals surface area contributed by atoms with Crippen LogP contribution in [0.5, 0.6) is 0 Å². The predicted octanol–water partition coefficient (Wildman–Crippen LogP) is 1.98. The Morgan fingerprint density at radius 2 is 2.00 bits per heavy atom. The first-order chi connectivity index (χ1) is 10.6. The molecule has 0 amide bonds. The van der Waals surface area contributed by atoms with Gasteiger partial charge in [0.25, 0.3) is 5.56 Å². The van der Waals surface area contributed by atoms with Crippen molar-refractivity contribution < 1.29 is 4.74 Å². The first kappa shape index (κ1) is 16.2. The molecule has 1 heterocycles. The van der Waals surface area contributed by atoms with Gasteiger partial charge in [-0.1, -0.05) is 30.3 Å². The molecule has 1 aromatic heterocycles. The Balaban J connectivity index is 1.86. The van der Waals surface area contributed by atoms with Crippen LogP contribution in [0.4, 0.5) is 5.95 Å². The summed E-state index contributed by atoms with van der Waals surface area (Å²) >= 11 is 0. The summed E-state index contributed by atoms with van der Waals surface area (Å²) in [5, 5.41) is 11.1. The molecule has 0 aliphatic heterocycles. The van der Waals surface area contributed by atoms with Crippen LogP contribution in [-0.4, -0.2) is 34.4 Å². The molecule has 0 saturated heterocycles. The van der Waals surface area contributed by atoms with Gasteiger partial charge in [-0.15, -0.1) is 10.2 Å². The number of benzene rings is 1. The molecule has 0 unspecified atom stereocenters. The minimum absolute atomic E-state index is 0.209. The average Bonchev–Trinajstić information content (AvgIpc) is 2.50. The number of ether oxygens (including phenoxy) is 1. The van der Waals surface area contributed by atoms with E-state index in [1.165, 1.54) is 0 Å². The van der Waals surface area contributed by atoms with Crippen molar-refractivity contribution in [1.82, 2.24) is 15.2 Å². The summed E-state index contributed by atoms with van der Waals surface area (Å²) in [6.45, 7) is 5.35. The highest BCUT2D eigenvalue weighted by molar-refractivity contribution is 5.24. The van der Waals surface area contributed by atoms with E-state index < -0.39 is 0 Å². The highest BCUT2D eigenvalue weighted by Crippen LogP contribution is 2.03. The van der Waals surface area contributed by atoms with Crippen LogP contribution in [0.25, 0.3) is 0 Å². The molecule has 6 heteroatoms. The van der Waals surface area contributed by atoms with E-state index >= 15 is 0 Å². The summed E-state index contributed by atoms with van der Waals surface area (Å²) in [5.74, 6) is 0.395. The molecule has 0 spiro atoms. The summed E-state index contributed by atoms with van der Waals surface area (Å²) in [6, 6.07) is 9.73. The fourth-order valence-corrected chi connectivity index (χ4v) is 1.94. The Morgan fingerprint density at radius 1 is 1.23 bits per heavy atom. The summed E-state index contributed by atoms with van der Waals surface area (Å²) < 4.78 is 5.44. The summed E-state index contributed by atoms with van der Waals surface area (Å²) in [5.41, 5.74) is 1.24.